The maximum atomic E-state index is 6.39. The first kappa shape index (κ1) is 12.3. The number of nitrogens with zero attached hydrogens (tertiary/aromatic N) is 4. The minimum Gasteiger partial charge on any atom is -0.190 e. The maximum Gasteiger partial charge on any atom is 0.195 e. The van der Waals surface area contributed by atoms with Crippen LogP contribution in [0.3, 0.4) is 0 Å². The van der Waals surface area contributed by atoms with Gasteiger partial charge in [-0.1, -0.05) is 30.5 Å². The molecule has 0 radical (unpaired) electrons. The number of halogens is 1. The third kappa shape index (κ3) is 1.93. The number of fused-ring (bicyclic) bond motifs is 1. The van der Waals surface area contributed by atoms with Gasteiger partial charge in [-0.05, 0) is 41.8 Å². The number of rotatable bonds is 2. The van der Waals surface area contributed by atoms with Gasteiger partial charge in [0.25, 0.3) is 0 Å². The van der Waals surface area contributed by atoms with Gasteiger partial charge in [0.1, 0.15) is 0 Å². The third-order valence-corrected chi connectivity index (χ3v) is 5.07. The van der Waals surface area contributed by atoms with Gasteiger partial charge in [-0.25, -0.2) is 0 Å². The van der Waals surface area contributed by atoms with E-state index in [0.717, 1.165) is 21.9 Å². The molecule has 1 fully saturated rings. The highest BCUT2D eigenvalue weighted by molar-refractivity contribution is 7.13. The summed E-state index contributed by atoms with van der Waals surface area (Å²) in [6.07, 6.45) is 4.95. The zero-order valence-corrected chi connectivity index (χ0v) is 12.4. The van der Waals surface area contributed by atoms with E-state index >= 15 is 0 Å². The molecule has 6 heteroatoms. The minimum absolute atomic E-state index is 0.530. The fourth-order valence-electron chi connectivity index (χ4n) is 2.91. The monoisotopic (exact) mass is 304 g/mol. The van der Waals surface area contributed by atoms with Crippen LogP contribution in [0.5, 0.6) is 0 Å². The molecule has 1 aliphatic carbocycles. The number of aromatic nitrogens is 4. The molecule has 102 valence electrons. The highest BCUT2D eigenvalue weighted by Crippen LogP contribution is 2.37. The van der Waals surface area contributed by atoms with E-state index in [2.05, 4.69) is 21.4 Å². The third-order valence-electron chi connectivity index (χ3n) is 3.91. The van der Waals surface area contributed by atoms with Gasteiger partial charge in [-0.15, -0.1) is 21.5 Å². The van der Waals surface area contributed by atoms with Crippen molar-refractivity contribution < 1.29 is 0 Å². The molecule has 4 nitrogen and oxygen atoms in total. The van der Waals surface area contributed by atoms with Crippen LogP contribution in [0.1, 0.15) is 37.2 Å². The number of hydrogen-bond acceptors (Lipinski definition) is 4. The van der Waals surface area contributed by atoms with Crippen LogP contribution in [-0.2, 0) is 0 Å². The van der Waals surface area contributed by atoms with E-state index in [1.165, 1.54) is 25.7 Å². The van der Waals surface area contributed by atoms with Crippen LogP contribution < -0.4 is 0 Å². The summed E-state index contributed by atoms with van der Waals surface area (Å²) in [6.45, 7) is 0. The molecule has 0 saturated heterocycles. The summed E-state index contributed by atoms with van der Waals surface area (Å²) in [5, 5.41) is 15.6. The normalized spacial score (nSPS) is 16.2. The molecule has 3 aromatic heterocycles. The van der Waals surface area contributed by atoms with E-state index in [4.69, 9.17) is 11.6 Å². The zero-order valence-electron chi connectivity index (χ0n) is 10.8. The van der Waals surface area contributed by atoms with Crippen LogP contribution in [0.15, 0.2) is 23.6 Å². The van der Waals surface area contributed by atoms with Crippen molar-refractivity contribution in [2.75, 3.05) is 0 Å². The molecule has 3 heterocycles. The molecule has 1 saturated carbocycles. The van der Waals surface area contributed by atoms with Crippen molar-refractivity contribution in [1.82, 2.24) is 19.8 Å². The van der Waals surface area contributed by atoms with Crippen molar-refractivity contribution in [3.63, 3.8) is 0 Å². The van der Waals surface area contributed by atoms with Crippen molar-refractivity contribution >= 4 is 28.6 Å². The van der Waals surface area contributed by atoms with Crippen LogP contribution in [0, 0.1) is 0 Å². The highest BCUT2D eigenvalue weighted by atomic mass is 35.5. The smallest absolute Gasteiger partial charge is 0.190 e. The average molecular weight is 305 g/mol. The Kier molecular flexibility index (Phi) is 2.97. The second-order valence-corrected chi connectivity index (χ2v) is 6.45. The molecule has 0 aromatic carbocycles. The van der Waals surface area contributed by atoms with E-state index in [9.17, 15) is 0 Å². The summed E-state index contributed by atoms with van der Waals surface area (Å²) in [7, 11) is 0. The Morgan fingerprint density at radius 2 is 2.10 bits per heavy atom. The van der Waals surface area contributed by atoms with Gasteiger partial charge in [0, 0.05) is 0 Å². The first-order chi connectivity index (χ1) is 9.83. The first-order valence-corrected chi connectivity index (χ1v) is 8.04. The van der Waals surface area contributed by atoms with E-state index in [0.29, 0.717) is 11.1 Å². The fraction of sp³-hybridized carbons (Fsp3) is 0.357. The van der Waals surface area contributed by atoms with Crippen molar-refractivity contribution in [2.24, 2.45) is 0 Å². The lowest BCUT2D eigenvalue weighted by atomic mass is 10.0. The van der Waals surface area contributed by atoms with Gasteiger partial charge in [-0.3, -0.25) is 0 Å². The Morgan fingerprint density at radius 1 is 1.25 bits per heavy atom. The van der Waals surface area contributed by atoms with Crippen LogP contribution >= 0.6 is 22.9 Å². The molecule has 0 N–H and O–H groups in total. The summed E-state index contributed by atoms with van der Waals surface area (Å²) >= 11 is 8.01. The molecule has 0 amide bonds. The Hall–Kier alpha value is -1.46. The van der Waals surface area contributed by atoms with Crippen molar-refractivity contribution in [3.8, 4) is 10.7 Å². The molecule has 1 aliphatic rings. The summed E-state index contributed by atoms with van der Waals surface area (Å²) in [6, 6.07) is 6.06. The molecule has 0 spiro atoms. The molecule has 0 unspecified atom stereocenters. The lowest BCUT2D eigenvalue weighted by Gasteiger charge is -2.10. The molecule has 0 bridgehead atoms. The van der Waals surface area contributed by atoms with Crippen LogP contribution in [0.4, 0.5) is 0 Å². The topological polar surface area (TPSA) is 43.1 Å². The molecule has 4 rings (SSSR count). The largest absolute Gasteiger partial charge is 0.195 e. The number of thiophene rings is 1. The highest BCUT2D eigenvalue weighted by Gasteiger charge is 2.22. The van der Waals surface area contributed by atoms with E-state index in [1.807, 2.05) is 17.5 Å². The van der Waals surface area contributed by atoms with Gasteiger partial charge in [0.2, 0.25) is 0 Å². The van der Waals surface area contributed by atoms with E-state index in [-0.39, 0.29) is 0 Å². The maximum absolute atomic E-state index is 6.39. The lowest BCUT2D eigenvalue weighted by molar-refractivity contribution is 0.713. The Bertz CT molecular complexity index is 744. The van der Waals surface area contributed by atoms with Crippen molar-refractivity contribution in [1.29, 1.82) is 0 Å². The molecular weight excluding hydrogens is 292 g/mol. The molecule has 0 atom stereocenters. The second-order valence-electron chi connectivity index (χ2n) is 5.14. The molecular formula is C14H13ClN4S. The minimum atomic E-state index is 0.530. The zero-order chi connectivity index (χ0) is 13.5. The quantitative estimate of drug-likeness (QED) is 0.714. The predicted octanol–water partition coefficient (Wildman–Crippen LogP) is 4.16. The van der Waals surface area contributed by atoms with Crippen LogP contribution in [0.2, 0.25) is 5.15 Å². The van der Waals surface area contributed by atoms with Crippen LogP contribution in [-0.4, -0.2) is 19.8 Å². The Balaban J connectivity index is 1.85. The summed E-state index contributed by atoms with van der Waals surface area (Å²) < 4.78 is 1.74. The Labute approximate surface area is 125 Å². The molecule has 0 aliphatic heterocycles. The predicted molar refractivity (Wildman–Crippen MR) is 80.3 cm³/mol. The summed E-state index contributed by atoms with van der Waals surface area (Å²) in [4.78, 5) is 1.05. The number of hydrogen-bond donors (Lipinski definition) is 0. The Morgan fingerprint density at radius 3 is 2.85 bits per heavy atom. The van der Waals surface area contributed by atoms with E-state index < -0.39 is 0 Å². The second kappa shape index (κ2) is 4.82. The molecule has 3 aromatic rings. The van der Waals surface area contributed by atoms with Gasteiger partial charge < -0.3 is 0 Å². The SMILES string of the molecule is Clc1nn2c(-c3cccs3)nnc2cc1C1CCCC1. The van der Waals surface area contributed by atoms with Gasteiger partial charge in [0.15, 0.2) is 16.6 Å². The van der Waals surface area contributed by atoms with E-state index in [1.54, 1.807) is 15.9 Å². The summed E-state index contributed by atoms with van der Waals surface area (Å²) in [5.41, 5.74) is 1.90. The van der Waals surface area contributed by atoms with Gasteiger partial charge in [-0.2, -0.15) is 9.61 Å². The summed E-state index contributed by atoms with van der Waals surface area (Å²) in [5.74, 6) is 1.29. The average Bonchev–Trinajstić information content (AvgIpc) is 3.18. The van der Waals surface area contributed by atoms with Gasteiger partial charge in [0.05, 0.1) is 4.88 Å². The lowest BCUT2D eigenvalue weighted by Crippen LogP contribution is -2.01. The van der Waals surface area contributed by atoms with Crippen molar-refractivity contribution in [2.45, 2.75) is 31.6 Å². The van der Waals surface area contributed by atoms with Crippen molar-refractivity contribution in [3.05, 3.63) is 34.3 Å². The molecule has 20 heavy (non-hydrogen) atoms. The van der Waals surface area contributed by atoms with Gasteiger partial charge >= 0.3 is 0 Å². The standard InChI is InChI=1S/C14H13ClN4S/c15-13-10(9-4-1-2-5-9)8-12-16-17-14(19(12)18-13)11-6-3-7-20-11/h3,6-9H,1-2,4-5H2. The first-order valence-electron chi connectivity index (χ1n) is 6.78. The fourth-order valence-corrected chi connectivity index (χ4v) is 3.89. The van der Waals surface area contributed by atoms with Crippen LogP contribution in [0.25, 0.3) is 16.3 Å².